The molecule has 158 valence electrons. The second-order valence-electron chi connectivity index (χ2n) is 7.10. The van der Waals surface area contributed by atoms with E-state index < -0.39 is 17.5 Å². The molecule has 0 saturated carbocycles. The lowest BCUT2D eigenvalue weighted by atomic mass is 9.93. The van der Waals surface area contributed by atoms with E-state index in [1.54, 1.807) is 36.4 Å². The summed E-state index contributed by atoms with van der Waals surface area (Å²) in [6.07, 6.45) is 0.916. The standard InChI is InChI=1S/C22H24FN3O4/c1-3-22(4-2)20(28)26(21(29)25-22)13-19(27)24-17-6-5-7-18(12-17)30-14-15-8-10-16(23)11-9-15/h5-12H,3-4,13-14H2,1-2H3,(H,24,27)(H,25,29). The summed E-state index contributed by atoms with van der Waals surface area (Å²) in [5, 5.41) is 5.37. The van der Waals surface area contributed by atoms with E-state index in [2.05, 4.69) is 10.6 Å². The average Bonchev–Trinajstić information content (AvgIpc) is 2.98. The fourth-order valence-electron chi connectivity index (χ4n) is 3.30. The number of benzene rings is 2. The number of urea groups is 1. The van der Waals surface area contributed by atoms with Gasteiger partial charge in [0.25, 0.3) is 5.91 Å². The number of carbonyl (C=O) groups is 3. The fourth-order valence-corrected chi connectivity index (χ4v) is 3.30. The Hall–Kier alpha value is -3.42. The first kappa shape index (κ1) is 21.3. The van der Waals surface area contributed by atoms with E-state index in [9.17, 15) is 18.8 Å². The highest BCUT2D eigenvalue weighted by Gasteiger charge is 2.49. The van der Waals surface area contributed by atoms with E-state index in [1.165, 1.54) is 12.1 Å². The van der Waals surface area contributed by atoms with Crippen LogP contribution in [0.5, 0.6) is 5.75 Å². The van der Waals surface area contributed by atoms with E-state index in [0.29, 0.717) is 24.3 Å². The Labute approximate surface area is 174 Å². The summed E-state index contributed by atoms with van der Waals surface area (Å²) in [6.45, 7) is 3.52. The molecule has 0 aliphatic carbocycles. The predicted molar refractivity (Wildman–Crippen MR) is 109 cm³/mol. The van der Waals surface area contributed by atoms with Crippen molar-refractivity contribution in [2.24, 2.45) is 0 Å². The monoisotopic (exact) mass is 413 g/mol. The smallest absolute Gasteiger partial charge is 0.325 e. The lowest BCUT2D eigenvalue weighted by Crippen LogP contribution is -2.46. The van der Waals surface area contributed by atoms with Gasteiger partial charge in [-0.05, 0) is 42.7 Å². The predicted octanol–water partition coefficient (Wildman–Crippen LogP) is 3.45. The van der Waals surface area contributed by atoms with Crippen molar-refractivity contribution >= 4 is 23.5 Å². The van der Waals surface area contributed by atoms with Crippen LogP contribution < -0.4 is 15.4 Å². The van der Waals surface area contributed by atoms with Crippen molar-refractivity contribution in [2.45, 2.75) is 38.8 Å². The van der Waals surface area contributed by atoms with E-state index in [4.69, 9.17) is 4.74 Å². The average molecular weight is 413 g/mol. The molecule has 4 amide bonds. The molecule has 8 heteroatoms. The molecule has 0 atom stereocenters. The topological polar surface area (TPSA) is 87.7 Å². The number of carbonyl (C=O) groups excluding carboxylic acids is 3. The summed E-state index contributed by atoms with van der Waals surface area (Å²) in [5.41, 5.74) is 0.339. The number of halogens is 1. The minimum Gasteiger partial charge on any atom is -0.489 e. The molecule has 0 unspecified atom stereocenters. The lowest BCUT2D eigenvalue weighted by molar-refractivity contribution is -0.134. The highest BCUT2D eigenvalue weighted by atomic mass is 19.1. The molecule has 2 aromatic carbocycles. The number of hydrogen-bond donors (Lipinski definition) is 2. The molecule has 30 heavy (non-hydrogen) atoms. The van der Waals surface area contributed by atoms with Gasteiger partial charge in [-0.15, -0.1) is 0 Å². The van der Waals surface area contributed by atoms with E-state index in [1.807, 2.05) is 13.8 Å². The van der Waals surface area contributed by atoms with Gasteiger partial charge in [0.1, 0.15) is 30.3 Å². The van der Waals surface area contributed by atoms with Crippen LogP contribution in [0.4, 0.5) is 14.9 Å². The third-order valence-electron chi connectivity index (χ3n) is 5.19. The molecule has 0 spiro atoms. The van der Waals surface area contributed by atoms with Crippen LogP contribution in [0.3, 0.4) is 0 Å². The van der Waals surface area contributed by atoms with Crippen LogP contribution in [0.15, 0.2) is 48.5 Å². The minimum absolute atomic E-state index is 0.246. The van der Waals surface area contributed by atoms with Crippen LogP contribution in [0.1, 0.15) is 32.3 Å². The van der Waals surface area contributed by atoms with Crippen LogP contribution in [0.25, 0.3) is 0 Å². The van der Waals surface area contributed by atoms with Crippen molar-refractivity contribution in [3.05, 3.63) is 59.9 Å². The van der Waals surface area contributed by atoms with Crippen molar-refractivity contribution in [3.8, 4) is 5.75 Å². The Morgan fingerprint density at radius 1 is 1.13 bits per heavy atom. The molecule has 0 bridgehead atoms. The van der Waals surface area contributed by atoms with E-state index in [0.717, 1.165) is 10.5 Å². The van der Waals surface area contributed by atoms with Gasteiger partial charge in [-0.2, -0.15) is 0 Å². The molecule has 2 aromatic rings. The zero-order chi connectivity index (χ0) is 21.7. The Morgan fingerprint density at radius 3 is 2.47 bits per heavy atom. The first-order valence-electron chi connectivity index (χ1n) is 9.78. The largest absolute Gasteiger partial charge is 0.489 e. The van der Waals surface area contributed by atoms with Gasteiger partial charge in [-0.3, -0.25) is 14.5 Å². The Balaban J connectivity index is 1.59. The first-order valence-corrected chi connectivity index (χ1v) is 9.78. The Morgan fingerprint density at radius 2 is 1.83 bits per heavy atom. The number of ether oxygens (including phenoxy) is 1. The quantitative estimate of drug-likeness (QED) is 0.649. The van der Waals surface area contributed by atoms with Crippen molar-refractivity contribution in [3.63, 3.8) is 0 Å². The number of rotatable bonds is 8. The third kappa shape index (κ3) is 4.59. The molecule has 1 aliphatic rings. The van der Waals surface area contributed by atoms with Gasteiger partial charge >= 0.3 is 6.03 Å². The molecular formula is C22H24FN3O4. The van der Waals surface area contributed by atoms with Gasteiger partial charge in [-0.1, -0.05) is 32.0 Å². The molecule has 1 fully saturated rings. The number of imide groups is 1. The second-order valence-corrected chi connectivity index (χ2v) is 7.10. The molecule has 1 saturated heterocycles. The highest BCUT2D eigenvalue weighted by molar-refractivity contribution is 6.10. The fraction of sp³-hybridized carbons (Fsp3) is 0.318. The molecule has 7 nitrogen and oxygen atoms in total. The van der Waals surface area contributed by atoms with Gasteiger partial charge in [0, 0.05) is 11.8 Å². The first-order chi connectivity index (χ1) is 14.4. The third-order valence-corrected chi connectivity index (χ3v) is 5.19. The van der Waals surface area contributed by atoms with Gasteiger partial charge in [0.05, 0.1) is 0 Å². The summed E-state index contributed by atoms with van der Waals surface area (Å²) in [6, 6.07) is 12.2. The molecular weight excluding hydrogens is 389 g/mol. The van der Waals surface area contributed by atoms with Gasteiger partial charge in [-0.25, -0.2) is 9.18 Å². The maximum atomic E-state index is 13.0. The summed E-state index contributed by atoms with van der Waals surface area (Å²) in [4.78, 5) is 38.1. The van der Waals surface area contributed by atoms with Crippen LogP contribution >= 0.6 is 0 Å². The van der Waals surface area contributed by atoms with E-state index >= 15 is 0 Å². The molecule has 3 rings (SSSR count). The Bertz CT molecular complexity index is 942. The number of amides is 4. The van der Waals surface area contributed by atoms with Crippen molar-refractivity contribution in [1.82, 2.24) is 10.2 Å². The molecule has 0 aromatic heterocycles. The van der Waals surface area contributed by atoms with Crippen LogP contribution in [-0.4, -0.2) is 34.8 Å². The zero-order valence-electron chi connectivity index (χ0n) is 16.9. The maximum absolute atomic E-state index is 13.0. The number of nitrogens with one attached hydrogen (secondary N) is 2. The van der Waals surface area contributed by atoms with Gasteiger partial charge in [0.15, 0.2) is 0 Å². The second kappa shape index (κ2) is 8.94. The molecule has 0 radical (unpaired) electrons. The molecule has 1 aliphatic heterocycles. The maximum Gasteiger partial charge on any atom is 0.325 e. The summed E-state index contributed by atoms with van der Waals surface area (Å²) < 4.78 is 18.6. The Kier molecular flexibility index (Phi) is 6.34. The normalized spacial score (nSPS) is 15.1. The minimum atomic E-state index is -0.939. The van der Waals surface area contributed by atoms with Crippen LogP contribution in [0.2, 0.25) is 0 Å². The number of nitrogens with zero attached hydrogens (tertiary/aromatic N) is 1. The number of hydrogen-bond acceptors (Lipinski definition) is 4. The van der Waals surface area contributed by atoms with E-state index in [-0.39, 0.29) is 24.9 Å². The van der Waals surface area contributed by atoms with Crippen LogP contribution in [-0.2, 0) is 16.2 Å². The van der Waals surface area contributed by atoms with Crippen molar-refractivity contribution in [2.75, 3.05) is 11.9 Å². The SMILES string of the molecule is CCC1(CC)NC(=O)N(CC(=O)Nc2cccc(OCc3ccc(F)cc3)c2)C1=O. The van der Waals surface area contributed by atoms with Gasteiger partial charge < -0.3 is 15.4 Å². The van der Waals surface area contributed by atoms with Crippen molar-refractivity contribution in [1.29, 1.82) is 0 Å². The van der Waals surface area contributed by atoms with Gasteiger partial charge in [0.2, 0.25) is 5.91 Å². The molecule has 1 heterocycles. The van der Waals surface area contributed by atoms with Crippen LogP contribution in [0, 0.1) is 5.82 Å². The number of anilines is 1. The summed E-state index contributed by atoms with van der Waals surface area (Å²) in [7, 11) is 0. The lowest BCUT2D eigenvalue weighted by Gasteiger charge is -2.23. The highest BCUT2D eigenvalue weighted by Crippen LogP contribution is 2.25. The molecule has 2 N–H and O–H groups in total. The summed E-state index contributed by atoms with van der Waals surface area (Å²) in [5.74, 6) is -0.673. The zero-order valence-corrected chi connectivity index (χ0v) is 16.9. The summed E-state index contributed by atoms with van der Waals surface area (Å²) >= 11 is 0. The van der Waals surface area contributed by atoms with Crippen molar-refractivity contribution < 1.29 is 23.5 Å².